The summed E-state index contributed by atoms with van der Waals surface area (Å²) < 4.78 is 31.9. The minimum Gasteiger partial charge on any atom is -0.489 e. The minimum absolute atomic E-state index is 0.111. The highest BCUT2D eigenvalue weighted by Gasteiger charge is 2.16. The molecule has 0 spiro atoms. The van der Waals surface area contributed by atoms with E-state index < -0.39 is 0 Å². The second kappa shape index (κ2) is 9.88. The summed E-state index contributed by atoms with van der Waals surface area (Å²) >= 11 is 0. The number of furan rings is 1. The van der Waals surface area contributed by atoms with Crippen molar-refractivity contribution in [2.45, 2.75) is 33.4 Å². The maximum Gasteiger partial charge on any atom is 0.310 e. The van der Waals surface area contributed by atoms with Gasteiger partial charge < -0.3 is 19.6 Å². The number of hydrogen-bond donors (Lipinski definition) is 1. The smallest absolute Gasteiger partial charge is 0.310 e. The van der Waals surface area contributed by atoms with Gasteiger partial charge in [-0.3, -0.25) is 4.79 Å². The van der Waals surface area contributed by atoms with E-state index in [1.54, 1.807) is 31.4 Å². The van der Waals surface area contributed by atoms with E-state index in [1.165, 1.54) is 0 Å². The molecule has 0 aliphatic rings. The largest absolute Gasteiger partial charge is 0.489 e. The predicted molar refractivity (Wildman–Crippen MR) is 125 cm³/mol. The van der Waals surface area contributed by atoms with Crippen molar-refractivity contribution in [2.24, 2.45) is 5.73 Å². The standard InChI is InChI=1S/C27H26FNO4/c1-3-31-25(30)14-19-8-7-17(2)11-24(19)33-16-18-12-20-9-10-32-27(20)23(13-18)22-6-4-5-21(15-29)26(22)28/h4-13H,3,14-16,29H2,1-2H3. The molecule has 5 nitrogen and oxygen atoms in total. The average Bonchev–Trinajstić information content (AvgIpc) is 3.28. The summed E-state index contributed by atoms with van der Waals surface area (Å²) in [5.41, 5.74) is 10.4. The molecule has 6 heteroatoms. The van der Waals surface area contributed by atoms with Crippen LogP contribution in [0.5, 0.6) is 5.75 Å². The van der Waals surface area contributed by atoms with Crippen LogP contribution in [0, 0.1) is 12.7 Å². The first-order valence-electron chi connectivity index (χ1n) is 10.9. The highest BCUT2D eigenvalue weighted by molar-refractivity contribution is 5.93. The molecule has 3 aromatic carbocycles. The molecule has 0 atom stereocenters. The van der Waals surface area contributed by atoms with E-state index in [2.05, 4.69) is 0 Å². The van der Waals surface area contributed by atoms with Crippen molar-refractivity contribution in [2.75, 3.05) is 6.61 Å². The highest BCUT2D eigenvalue weighted by Crippen LogP contribution is 2.34. The van der Waals surface area contributed by atoms with E-state index in [0.29, 0.717) is 34.6 Å². The predicted octanol–water partition coefficient (Wildman–Crippen LogP) is 5.69. The summed E-state index contributed by atoms with van der Waals surface area (Å²) in [4.78, 5) is 12.0. The Morgan fingerprint density at radius 1 is 1.06 bits per heavy atom. The van der Waals surface area contributed by atoms with Crippen molar-refractivity contribution in [1.29, 1.82) is 0 Å². The zero-order chi connectivity index (χ0) is 23.4. The first-order valence-corrected chi connectivity index (χ1v) is 10.9. The summed E-state index contributed by atoms with van der Waals surface area (Å²) in [5, 5.41) is 0.847. The fourth-order valence-electron chi connectivity index (χ4n) is 3.84. The molecule has 4 aromatic rings. The van der Waals surface area contributed by atoms with Gasteiger partial charge in [-0.1, -0.05) is 30.3 Å². The Kier molecular flexibility index (Phi) is 6.75. The van der Waals surface area contributed by atoms with E-state index in [0.717, 1.165) is 22.1 Å². The zero-order valence-electron chi connectivity index (χ0n) is 18.7. The number of halogens is 1. The van der Waals surface area contributed by atoms with Crippen LogP contribution in [-0.2, 0) is 29.1 Å². The SMILES string of the molecule is CCOC(=O)Cc1ccc(C)cc1OCc1cc(-c2cccc(CN)c2F)c2occc2c1. The van der Waals surface area contributed by atoms with Crippen molar-refractivity contribution in [3.63, 3.8) is 0 Å². The van der Waals surface area contributed by atoms with E-state index >= 15 is 4.39 Å². The third-order valence-corrected chi connectivity index (χ3v) is 5.46. The summed E-state index contributed by atoms with van der Waals surface area (Å²) in [6.45, 7) is 4.42. The number of hydrogen-bond acceptors (Lipinski definition) is 5. The summed E-state index contributed by atoms with van der Waals surface area (Å²) in [6.07, 6.45) is 1.72. The molecular weight excluding hydrogens is 421 g/mol. The molecule has 33 heavy (non-hydrogen) atoms. The molecule has 0 aliphatic carbocycles. The molecule has 0 amide bonds. The lowest BCUT2D eigenvalue weighted by Gasteiger charge is -2.14. The van der Waals surface area contributed by atoms with Crippen LogP contribution in [-0.4, -0.2) is 12.6 Å². The molecule has 1 aromatic heterocycles. The molecule has 4 rings (SSSR count). The molecule has 170 valence electrons. The molecule has 0 bridgehead atoms. The Labute approximate surface area is 191 Å². The Morgan fingerprint density at radius 3 is 2.70 bits per heavy atom. The van der Waals surface area contributed by atoms with Gasteiger partial charge in [0.1, 0.15) is 23.8 Å². The van der Waals surface area contributed by atoms with Gasteiger partial charge in [-0.2, -0.15) is 0 Å². The molecule has 0 fully saturated rings. The number of rotatable bonds is 8. The number of carbonyl (C=O) groups excluding carboxylic acids is 1. The van der Waals surface area contributed by atoms with Gasteiger partial charge in [0, 0.05) is 34.2 Å². The van der Waals surface area contributed by atoms with Gasteiger partial charge in [-0.05, 0) is 49.2 Å². The lowest BCUT2D eigenvalue weighted by Crippen LogP contribution is -2.09. The monoisotopic (exact) mass is 447 g/mol. The van der Waals surface area contributed by atoms with Crippen molar-refractivity contribution < 1.29 is 23.1 Å². The van der Waals surface area contributed by atoms with Crippen LogP contribution in [0.3, 0.4) is 0 Å². The van der Waals surface area contributed by atoms with Crippen molar-refractivity contribution in [3.05, 3.63) is 88.9 Å². The van der Waals surface area contributed by atoms with E-state index in [-0.39, 0.29) is 31.4 Å². The van der Waals surface area contributed by atoms with Crippen molar-refractivity contribution in [1.82, 2.24) is 0 Å². The van der Waals surface area contributed by atoms with Crippen LogP contribution in [0.2, 0.25) is 0 Å². The molecular formula is C27H26FNO4. The fraction of sp³-hybridized carbons (Fsp3) is 0.222. The van der Waals surface area contributed by atoms with Gasteiger partial charge in [-0.25, -0.2) is 4.39 Å². The lowest BCUT2D eigenvalue weighted by atomic mass is 9.98. The number of nitrogens with two attached hydrogens (primary N) is 1. The van der Waals surface area contributed by atoms with Gasteiger partial charge in [-0.15, -0.1) is 0 Å². The summed E-state index contributed by atoms with van der Waals surface area (Å²) in [6, 6.07) is 16.5. The molecule has 0 aliphatic heterocycles. The first kappa shape index (κ1) is 22.6. The number of esters is 1. The first-order chi connectivity index (χ1) is 16.0. The Bertz CT molecular complexity index is 1290. The molecule has 2 N–H and O–H groups in total. The molecule has 0 unspecified atom stereocenters. The number of ether oxygens (including phenoxy) is 2. The van der Waals surface area contributed by atoms with Crippen LogP contribution in [0.25, 0.3) is 22.1 Å². The number of aryl methyl sites for hydroxylation is 1. The molecule has 0 radical (unpaired) electrons. The van der Waals surface area contributed by atoms with Gasteiger partial charge in [0.15, 0.2) is 0 Å². The average molecular weight is 448 g/mol. The number of benzene rings is 3. The van der Waals surface area contributed by atoms with Crippen LogP contribution in [0.15, 0.2) is 65.3 Å². The van der Waals surface area contributed by atoms with E-state index in [4.69, 9.17) is 19.6 Å². The van der Waals surface area contributed by atoms with E-state index in [9.17, 15) is 4.79 Å². The molecule has 0 saturated carbocycles. The number of fused-ring (bicyclic) bond motifs is 1. The summed E-state index contributed by atoms with van der Waals surface area (Å²) in [5.74, 6) is -0.0389. The third-order valence-electron chi connectivity index (χ3n) is 5.46. The fourth-order valence-corrected chi connectivity index (χ4v) is 3.84. The van der Waals surface area contributed by atoms with Gasteiger partial charge >= 0.3 is 5.97 Å². The Balaban J connectivity index is 1.67. The maximum atomic E-state index is 15.1. The van der Waals surface area contributed by atoms with Crippen LogP contribution < -0.4 is 10.5 Å². The van der Waals surface area contributed by atoms with Crippen molar-refractivity contribution >= 4 is 16.9 Å². The van der Waals surface area contributed by atoms with E-state index in [1.807, 2.05) is 43.3 Å². The van der Waals surface area contributed by atoms with Crippen LogP contribution in [0.1, 0.15) is 29.2 Å². The minimum atomic E-state index is -0.355. The second-order valence-corrected chi connectivity index (χ2v) is 7.85. The lowest BCUT2D eigenvalue weighted by molar-refractivity contribution is -0.142. The third kappa shape index (κ3) is 4.91. The maximum absolute atomic E-state index is 15.1. The van der Waals surface area contributed by atoms with Gasteiger partial charge in [0.25, 0.3) is 0 Å². The topological polar surface area (TPSA) is 74.7 Å². The van der Waals surface area contributed by atoms with Crippen molar-refractivity contribution in [3.8, 4) is 16.9 Å². The molecule has 1 heterocycles. The molecule has 0 saturated heterocycles. The van der Waals surface area contributed by atoms with Crippen LogP contribution >= 0.6 is 0 Å². The Hall–Kier alpha value is -3.64. The normalized spacial score (nSPS) is 11.0. The zero-order valence-corrected chi connectivity index (χ0v) is 18.7. The number of carbonyl (C=O) groups is 1. The van der Waals surface area contributed by atoms with Gasteiger partial charge in [0.2, 0.25) is 0 Å². The Morgan fingerprint density at radius 2 is 1.91 bits per heavy atom. The summed E-state index contributed by atoms with van der Waals surface area (Å²) in [7, 11) is 0. The highest BCUT2D eigenvalue weighted by atomic mass is 19.1. The van der Waals surface area contributed by atoms with Crippen LogP contribution in [0.4, 0.5) is 4.39 Å². The second-order valence-electron chi connectivity index (χ2n) is 7.85. The quantitative estimate of drug-likeness (QED) is 0.351. The van der Waals surface area contributed by atoms with Gasteiger partial charge in [0.05, 0.1) is 19.3 Å².